The molecule has 0 fully saturated rings. The minimum Gasteiger partial charge on any atom is -0.480 e. The second-order valence-corrected chi connectivity index (χ2v) is 5.69. The van der Waals surface area contributed by atoms with Crippen molar-refractivity contribution in [3.63, 3.8) is 0 Å². The number of benzene rings is 1. The summed E-state index contributed by atoms with van der Waals surface area (Å²) in [4.78, 5) is 27.5. The Hall–Kier alpha value is -2.89. The zero-order valence-electron chi connectivity index (χ0n) is 13.6. The fourth-order valence-electron chi connectivity index (χ4n) is 2.10. The van der Waals surface area contributed by atoms with Crippen molar-refractivity contribution in [2.75, 3.05) is 0 Å². The molecular formula is C18H20N2O4. The van der Waals surface area contributed by atoms with Gasteiger partial charge in [0.2, 0.25) is 5.88 Å². The van der Waals surface area contributed by atoms with E-state index < -0.39 is 17.9 Å². The van der Waals surface area contributed by atoms with Crippen LogP contribution in [0, 0.1) is 5.92 Å². The lowest BCUT2D eigenvalue weighted by Gasteiger charge is -2.18. The van der Waals surface area contributed by atoms with E-state index in [9.17, 15) is 9.59 Å². The fourth-order valence-corrected chi connectivity index (χ4v) is 2.10. The minimum atomic E-state index is -1.06. The molecule has 2 aromatic rings. The summed E-state index contributed by atoms with van der Waals surface area (Å²) >= 11 is 0. The minimum absolute atomic E-state index is 0.220. The molecule has 0 spiro atoms. The van der Waals surface area contributed by atoms with Crippen LogP contribution in [0.5, 0.6) is 5.88 Å². The number of hydrogen-bond donors (Lipinski definition) is 2. The normalized spacial score (nSPS) is 11.8. The fraction of sp³-hybridized carbons (Fsp3) is 0.278. The number of carbonyl (C=O) groups is 2. The molecule has 0 unspecified atom stereocenters. The van der Waals surface area contributed by atoms with Crippen molar-refractivity contribution in [2.45, 2.75) is 26.5 Å². The zero-order chi connectivity index (χ0) is 17.5. The number of aliphatic carboxylic acids is 1. The maximum absolute atomic E-state index is 12.2. The highest BCUT2D eigenvalue weighted by molar-refractivity contribution is 5.96. The zero-order valence-corrected chi connectivity index (χ0v) is 13.6. The van der Waals surface area contributed by atoms with Gasteiger partial charge in [-0.1, -0.05) is 44.2 Å². The van der Waals surface area contributed by atoms with Crippen molar-refractivity contribution < 1.29 is 19.4 Å². The lowest BCUT2D eigenvalue weighted by atomic mass is 10.0. The first-order valence-corrected chi connectivity index (χ1v) is 7.64. The molecule has 1 amide bonds. The SMILES string of the molecule is CC(C)[C@@H](NC(=O)c1ccnc(OCc2ccccc2)c1)C(=O)O. The Morgan fingerprint density at radius 3 is 2.54 bits per heavy atom. The van der Waals surface area contributed by atoms with Crippen LogP contribution in [0.1, 0.15) is 29.8 Å². The van der Waals surface area contributed by atoms with Crippen LogP contribution in [0.2, 0.25) is 0 Å². The van der Waals surface area contributed by atoms with E-state index in [4.69, 9.17) is 9.84 Å². The van der Waals surface area contributed by atoms with E-state index in [0.29, 0.717) is 18.1 Å². The summed E-state index contributed by atoms with van der Waals surface area (Å²) in [7, 11) is 0. The number of carbonyl (C=O) groups excluding carboxylic acids is 1. The number of carboxylic acids is 1. The van der Waals surface area contributed by atoms with Crippen molar-refractivity contribution >= 4 is 11.9 Å². The van der Waals surface area contributed by atoms with Crippen molar-refractivity contribution in [1.82, 2.24) is 10.3 Å². The molecule has 1 atom stereocenters. The molecule has 0 aliphatic carbocycles. The molecule has 0 saturated heterocycles. The van der Waals surface area contributed by atoms with Crippen molar-refractivity contribution in [1.29, 1.82) is 0 Å². The van der Waals surface area contributed by atoms with E-state index >= 15 is 0 Å². The lowest BCUT2D eigenvalue weighted by molar-refractivity contribution is -0.140. The van der Waals surface area contributed by atoms with E-state index in [-0.39, 0.29) is 5.92 Å². The molecule has 1 aromatic heterocycles. The standard InChI is InChI=1S/C18H20N2O4/c1-12(2)16(18(22)23)20-17(21)14-8-9-19-15(10-14)24-11-13-6-4-3-5-7-13/h3-10,12,16H,11H2,1-2H3,(H,20,21)(H,22,23)/t16-/m1/s1. The average Bonchev–Trinajstić information content (AvgIpc) is 2.58. The van der Waals surface area contributed by atoms with E-state index in [1.165, 1.54) is 18.3 Å². The summed E-state index contributed by atoms with van der Waals surface area (Å²) in [6, 6.07) is 11.7. The van der Waals surface area contributed by atoms with Gasteiger partial charge >= 0.3 is 5.97 Å². The molecule has 126 valence electrons. The van der Waals surface area contributed by atoms with E-state index in [1.54, 1.807) is 13.8 Å². The van der Waals surface area contributed by atoms with Gasteiger partial charge in [-0.05, 0) is 17.5 Å². The third kappa shape index (κ3) is 4.81. The van der Waals surface area contributed by atoms with Crippen LogP contribution in [0.3, 0.4) is 0 Å². The van der Waals surface area contributed by atoms with Crippen molar-refractivity contribution in [3.05, 3.63) is 59.8 Å². The predicted molar refractivity (Wildman–Crippen MR) is 88.7 cm³/mol. The molecule has 0 radical (unpaired) electrons. The Morgan fingerprint density at radius 1 is 1.21 bits per heavy atom. The maximum Gasteiger partial charge on any atom is 0.326 e. The smallest absolute Gasteiger partial charge is 0.326 e. The van der Waals surface area contributed by atoms with E-state index in [1.807, 2.05) is 30.3 Å². The van der Waals surface area contributed by atoms with Crippen LogP contribution in [-0.4, -0.2) is 28.0 Å². The molecular weight excluding hydrogens is 308 g/mol. The summed E-state index contributed by atoms with van der Waals surface area (Å²) in [6.45, 7) is 3.81. The summed E-state index contributed by atoms with van der Waals surface area (Å²) in [5, 5.41) is 11.7. The van der Waals surface area contributed by atoms with Crippen LogP contribution < -0.4 is 10.1 Å². The van der Waals surface area contributed by atoms with Crippen LogP contribution in [0.15, 0.2) is 48.7 Å². The molecule has 6 heteroatoms. The quantitative estimate of drug-likeness (QED) is 0.815. The van der Waals surface area contributed by atoms with Gasteiger partial charge in [0.15, 0.2) is 0 Å². The number of amides is 1. The van der Waals surface area contributed by atoms with Gasteiger partial charge < -0.3 is 15.2 Å². The molecule has 1 aromatic carbocycles. The molecule has 0 saturated carbocycles. The second-order valence-electron chi connectivity index (χ2n) is 5.69. The van der Waals surface area contributed by atoms with Gasteiger partial charge in [-0.25, -0.2) is 9.78 Å². The Morgan fingerprint density at radius 2 is 1.92 bits per heavy atom. The Kier molecular flexibility index (Phi) is 5.89. The first-order chi connectivity index (χ1) is 11.5. The van der Waals surface area contributed by atoms with Crippen molar-refractivity contribution in [3.8, 4) is 5.88 Å². The van der Waals surface area contributed by atoms with Gasteiger partial charge in [-0.15, -0.1) is 0 Å². The monoisotopic (exact) mass is 328 g/mol. The van der Waals surface area contributed by atoms with Crippen LogP contribution in [0.25, 0.3) is 0 Å². The van der Waals surface area contributed by atoms with Gasteiger partial charge in [0, 0.05) is 17.8 Å². The number of hydrogen-bond acceptors (Lipinski definition) is 4. The molecule has 0 bridgehead atoms. The predicted octanol–water partition coefficient (Wildman–Crippen LogP) is 2.50. The van der Waals surface area contributed by atoms with Gasteiger partial charge in [-0.3, -0.25) is 4.79 Å². The van der Waals surface area contributed by atoms with E-state index in [2.05, 4.69) is 10.3 Å². The topological polar surface area (TPSA) is 88.5 Å². The molecule has 6 nitrogen and oxygen atoms in total. The molecule has 2 N–H and O–H groups in total. The summed E-state index contributed by atoms with van der Waals surface area (Å²) in [5.74, 6) is -1.44. The number of ether oxygens (including phenoxy) is 1. The first kappa shape index (κ1) is 17.5. The first-order valence-electron chi connectivity index (χ1n) is 7.64. The lowest BCUT2D eigenvalue weighted by Crippen LogP contribution is -2.44. The Balaban J connectivity index is 2.03. The number of aromatic nitrogens is 1. The van der Waals surface area contributed by atoms with Crippen molar-refractivity contribution in [2.24, 2.45) is 5.92 Å². The second kappa shape index (κ2) is 8.10. The highest BCUT2D eigenvalue weighted by atomic mass is 16.5. The van der Waals surface area contributed by atoms with Crippen LogP contribution in [-0.2, 0) is 11.4 Å². The highest BCUT2D eigenvalue weighted by Gasteiger charge is 2.24. The van der Waals surface area contributed by atoms with Gasteiger partial charge in [0.05, 0.1) is 0 Å². The van der Waals surface area contributed by atoms with Crippen LogP contribution >= 0.6 is 0 Å². The summed E-state index contributed by atoms with van der Waals surface area (Å²) < 4.78 is 5.58. The highest BCUT2D eigenvalue weighted by Crippen LogP contribution is 2.13. The third-order valence-electron chi connectivity index (χ3n) is 3.45. The average molecular weight is 328 g/mol. The number of rotatable bonds is 7. The van der Waals surface area contributed by atoms with Gasteiger partial charge in [0.25, 0.3) is 5.91 Å². The summed E-state index contributed by atoms with van der Waals surface area (Å²) in [5.41, 5.74) is 1.29. The Labute approximate surface area is 140 Å². The van der Waals surface area contributed by atoms with E-state index in [0.717, 1.165) is 5.56 Å². The maximum atomic E-state index is 12.2. The third-order valence-corrected chi connectivity index (χ3v) is 3.45. The number of nitrogens with zero attached hydrogens (tertiary/aromatic N) is 1. The van der Waals surface area contributed by atoms with Crippen LogP contribution in [0.4, 0.5) is 0 Å². The number of nitrogens with one attached hydrogen (secondary N) is 1. The van der Waals surface area contributed by atoms with Gasteiger partial charge in [-0.2, -0.15) is 0 Å². The number of carboxylic acid groups (broad SMARTS) is 1. The Bertz CT molecular complexity index is 701. The molecule has 0 aliphatic heterocycles. The molecule has 2 rings (SSSR count). The molecule has 1 heterocycles. The largest absolute Gasteiger partial charge is 0.480 e. The number of pyridine rings is 1. The molecule has 0 aliphatic rings. The summed E-state index contributed by atoms with van der Waals surface area (Å²) in [6.07, 6.45) is 1.46. The molecule has 24 heavy (non-hydrogen) atoms. The van der Waals surface area contributed by atoms with Gasteiger partial charge in [0.1, 0.15) is 12.6 Å².